The fourth-order valence-corrected chi connectivity index (χ4v) is 0. The van der Waals surface area contributed by atoms with E-state index in [4.69, 9.17) is 21.8 Å². The molecule has 4 heteroatoms. The van der Waals surface area contributed by atoms with E-state index in [0.717, 1.165) is 0 Å². The summed E-state index contributed by atoms with van der Waals surface area (Å²) in [6.45, 7) is 4.59. The fourth-order valence-electron chi connectivity index (χ4n) is 0. The number of carbonyl (C=O) groups is 1. The van der Waals surface area contributed by atoms with E-state index < -0.39 is 5.24 Å². The first-order chi connectivity index (χ1) is 4.56. The van der Waals surface area contributed by atoms with E-state index in [1.165, 1.54) is 0 Å². The molecule has 0 saturated heterocycles. The van der Waals surface area contributed by atoms with Crippen LogP contribution in [-0.2, 0) is 4.79 Å². The van der Waals surface area contributed by atoms with Gasteiger partial charge in [0.2, 0.25) is 5.24 Å². The van der Waals surface area contributed by atoms with Crippen molar-refractivity contribution in [3.8, 4) is 0 Å². The Morgan fingerprint density at radius 1 is 1.50 bits per heavy atom. The first-order valence-corrected chi connectivity index (χ1v) is 3.01. The number of halogens is 1. The van der Waals surface area contributed by atoms with E-state index in [9.17, 15) is 4.79 Å². The minimum absolute atomic E-state index is 0.125. The minimum Gasteiger partial charge on any atom is -0.394 e. The van der Waals surface area contributed by atoms with Crippen LogP contribution in [-0.4, -0.2) is 28.7 Å². The van der Waals surface area contributed by atoms with Crippen molar-refractivity contribution in [2.75, 3.05) is 13.2 Å². The van der Waals surface area contributed by atoms with Gasteiger partial charge in [-0.2, -0.15) is 0 Å². The van der Waals surface area contributed by atoms with Crippen molar-refractivity contribution < 1.29 is 15.0 Å². The van der Waals surface area contributed by atoms with Crippen LogP contribution in [0.2, 0.25) is 0 Å². The number of hydrogen-bond acceptors (Lipinski definition) is 3. The third kappa shape index (κ3) is 15.6. The van der Waals surface area contributed by atoms with Gasteiger partial charge in [-0.15, -0.1) is 0 Å². The highest BCUT2D eigenvalue weighted by Crippen LogP contribution is 1.91. The van der Waals surface area contributed by atoms with Crippen molar-refractivity contribution in [3.63, 3.8) is 0 Å². The molecule has 0 bridgehead atoms. The molecule has 0 radical (unpaired) electrons. The Hall–Kier alpha value is -0.380. The monoisotopic (exact) mass is 166 g/mol. The predicted molar refractivity (Wildman–Crippen MR) is 39.8 cm³/mol. The van der Waals surface area contributed by atoms with Crippen molar-refractivity contribution in [2.24, 2.45) is 0 Å². The van der Waals surface area contributed by atoms with Gasteiger partial charge in [-0.25, -0.2) is 0 Å². The van der Waals surface area contributed by atoms with Crippen LogP contribution in [0.1, 0.15) is 6.92 Å². The topological polar surface area (TPSA) is 57.5 Å². The third-order valence-electron chi connectivity index (χ3n) is 0.436. The third-order valence-corrected chi connectivity index (χ3v) is 0.758. The molecule has 10 heavy (non-hydrogen) atoms. The highest BCUT2D eigenvalue weighted by Gasteiger charge is 1.89. The smallest absolute Gasteiger partial charge is 0.247 e. The highest BCUT2D eigenvalue weighted by atomic mass is 35.5. The maximum atomic E-state index is 9.81. The Balaban J connectivity index is 0. The molecular formula is C6H11ClO3. The molecule has 0 spiro atoms. The van der Waals surface area contributed by atoms with Crippen LogP contribution in [0, 0.1) is 0 Å². The first-order valence-electron chi connectivity index (χ1n) is 2.63. The van der Waals surface area contributed by atoms with E-state index in [-0.39, 0.29) is 13.2 Å². The van der Waals surface area contributed by atoms with Gasteiger partial charge in [0.25, 0.3) is 0 Å². The minimum atomic E-state index is -0.463. The van der Waals surface area contributed by atoms with E-state index in [0.29, 0.717) is 5.57 Å². The molecule has 2 N–H and O–H groups in total. The zero-order chi connectivity index (χ0) is 8.57. The zero-order valence-electron chi connectivity index (χ0n) is 5.80. The fraction of sp³-hybridized carbons (Fsp3) is 0.500. The number of carbonyl (C=O) groups excluding carboxylic acids is 1. The summed E-state index contributed by atoms with van der Waals surface area (Å²) in [5, 5.41) is 14.8. The van der Waals surface area contributed by atoms with Gasteiger partial charge in [0.05, 0.1) is 13.2 Å². The molecule has 0 unspecified atom stereocenters. The second kappa shape index (κ2) is 8.62. The summed E-state index contributed by atoms with van der Waals surface area (Å²) in [5.74, 6) is 0. The molecule has 0 amide bonds. The number of allylic oxidation sites excluding steroid dienone is 1. The van der Waals surface area contributed by atoms with Crippen LogP contribution in [0.25, 0.3) is 0 Å². The molecule has 0 aliphatic heterocycles. The maximum Gasteiger partial charge on any atom is 0.247 e. The molecule has 3 nitrogen and oxygen atoms in total. The molecular weight excluding hydrogens is 156 g/mol. The summed E-state index contributed by atoms with van der Waals surface area (Å²) in [7, 11) is 0. The summed E-state index contributed by atoms with van der Waals surface area (Å²) in [4.78, 5) is 9.81. The number of hydrogen-bond donors (Lipinski definition) is 2. The van der Waals surface area contributed by atoms with Crippen molar-refractivity contribution in [1.29, 1.82) is 0 Å². The van der Waals surface area contributed by atoms with Crippen LogP contribution in [0.5, 0.6) is 0 Å². The lowest BCUT2D eigenvalue weighted by Crippen LogP contribution is -1.85. The molecule has 0 saturated carbocycles. The van der Waals surface area contributed by atoms with Gasteiger partial charge in [-0.1, -0.05) is 6.58 Å². The zero-order valence-corrected chi connectivity index (χ0v) is 6.56. The molecule has 0 aromatic carbocycles. The van der Waals surface area contributed by atoms with Crippen LogP contribution < -0.4 is 0 Å². The Labute approximate surface area is 64.9 Å². The Bertz CT molecular complexity index is 97.6. The van der Waals surface area contributed by atoms with Crippen molar-refractivity contribution >= 4 is 16.8 Å². The second-order valence-corrected chi connectivity index (χ2v) is 1.84. The summed E-state index contributed by atoms with van der Waals surface area (Å²) in [5.41, 5.74) is 0.386. The van der Waals surface area contributed by atoms with Crippen molar-refractivity contribution in [3.05, 3.63) is 12.2 Å². The van der Waals surface area contributed by atoms with Crippen LogP contribution in [0.15, 0.2) is 12.2 Å². The predicted octanol–water partition coefficient (Wildman–Crippen LogP) is 0.299. The van der Waals surface area contributed by atoms with Gasteiger partial charge in [0.15, 0.2) is 0 Å². The van der Waals surface area contributed by atoms with Crippen molar-refractivity contribution in [2.45, 2.75) is 6.92 Å². The molecule has 0 aliphatic carbocycles. The summed E-state index contributed by atoms with van der Waals surface area (Å²) >= 11 is 4.87. The number of aliphatic hydroxyl groups is 2. The summed E-state index contributed by atoms with van der Waals surface area (Å²) in [6, 6.07) is 0. The van der Waals surface area contributed by atoms with Gasteiger partial charge in [-0.05, 0) is 18.5 Å². The summed E-state index contributed by atoms with van der Waals surface area (Å²) < 4.78 is 0. The van der Waals surface area contributed by atoms with Gasteiger partial charge in [0.1, 0.15) is 0 Å². The molecule has 0 rings (SSSR count). The Morgan fingerprint density at radius 2 is 1.70 bits per heavy atom. The second-order valence-electron chi connectivity index (χ2n) is 1.50. The quantitative estimate of drug-likeness (QED) is 0.458. The molecule has 60 valence electrons. The molecule has 0 atom stereocenters. The van der Waals surface area contributed by atoms with Crippen LogP contribution >= 0.6 is 11.6 Å². The average Bonchev–Trinajstić information content (AvgIpc) is 1.89. The van der Waals surface area contributed by atoms with Crippen LogP contribution in [0.4, 0.5) is 0 Å². The Kier molecular flexibility index (Phi) is 10.6. The van der Waals surface area contributed by atoms with E-state index in [1.54, 1.807) is 6.92 Å². The standard InChI is InChI=1S/C4H5ClO.C2H6O2/c1-3(2)4(5)6;3-1-2-4/h1H2,2H3;3-4H,1-2H2. The van der Waals surface area contributed by atoms with E-state index in [1.807, 2.05) is 0 Å². The molecule has 0 fully saturated rings. The lowest BCUT2D eigenvalue weighted by Gasteiger charge is -1.77. The maximum absolute atomic E-state index is 9.81. The Morgan fingerprint density at radius 3 is 1.70 bits per heavy atom. The first kappa shape index (κ1) is 12.3. The largest absolute Gasteiger partial charge is 0.394 e. The van der Waals surface area contributed by atoms with Gasteiger partial charge in [0, 0.05) is 5.57 Å². The van der Waals surface area contributed by atoms with E-state index >= 15 is 0 Å². The normalized spacial score (nSPS) is 7.60. The average molecular weight is 167 g/mol. The number of rotatable bonds is 2. The summed E-state index contributed by atoms with van der Waals surface area (Å²) in [6.07, 6.45) is 0. The SMILES string of the molecule is C=C(C)C(=O)Cl.OCCO. The lowest BCUT2D eigenvalue weighted by atomic mass is 10.4. The van der Waals surface area contributed by atoms with Gasteiger partial charge >= 0.3 is 0 Å². The van der Waals surface area contributed by atoms with Gasteiger partial charge in [-0.3, -0.25) is 4.79 Å². The molecule has 0 aromatic heterocycles. The van der Waals surface area contributed by atoms with Crippen molar-refractivity contribution in [1.82, 2.24) is 0 Å². The molecule has 0 aliphatic rings. The molecule has 0 heterocycles. The highest BCUT2D eigenvalue weighted by molar-refractivity contribution is 6.67. The van der Waals surface area contributed by atoms with E-state index in [2.05, 4.69) is 6.58 Å². The number of aliphatic hydroxyl groups excluding tert-OH is 2. The van der Waals surface area contributed by atoms with Crippen LogP contribution in [0.3, 0.4) is 0 Å². The lowest BCUT2D eigenvalue weighted by molar-refractivity contribution is -0.108. The van der Waals surface area contributed by atoms with Gasteiger partial charge < -0.3 is 10.2 Å². The molecule has 0 aromatic rings.